The number of rotatable bonds is 7. The van der Waals surface area contributed by atoms with Gasteiger partial charge in [0.2, 0.25) is 10.0 Å². The highest BCUT2D eigenvalue weighted by Crippen LogP contribution is 2.16. The van der Waals surface area contributed by atoms with Gasteiger partial charge < -0.3 is 5.73 Å². The summed E-state index contributed by atoms with van der Waals surface area (Å²) in [5.74, 6) is 0. The van der Waals surface area contributed by atoms with Gasteiger partial charge in [0.15, 0.2) is 0 Å². The minimum absolute atomic E-state index is 0.162. The first-order valence-corrected chi connectivity index (χ1v) is 7.40. The molecule has 0 amide bonds. The average molecular weight is 256 g/mol. The number of hydrogen-bond donors (Lipinski definition) is 2. The number of nitrogen functional groups attached to an aromatic ring is 1. The van der Waals surface area contributed by atoms with Gasteiger partial charge in [0.05, 0.1) is 5.69 Å². The third-order valence-electron chi connectivity index (χ3n) is 2.53. The summed E-state index contributed by atoms with van der Waals surface area (Å²) >= 11 is 0. The molecule has 5 heteroatoms. The fourth-order valence-electron chi connectivity index (χ4n) is 1.56. The molecule has 3 N–H and O–H groups in total. The second-order valence-corrected chi connectivity index (χ2v) is 5.73. The van der Waals surface area contributed by atoms with Gasteiger partial charge in [-0.2, -0.15) is 0 Å². The van der Waals surface area contributed by atoms with Crippen molar-refractivity contribution in [3.63, 3.8) is 0 Å². The second-order valence-electron chi connectivity index (χ2n) is 4.00. The molecule has 0 heterocycles. The molecular weight excluding hydrogens is 236 g/mol. The topological polar surface area (TPSA) is 72.2 Å². The molecule has 0 saturated carbocycles. The van der Waals surface area contributed by atoms with E-state index in [9.17, 15) is 8.42 Å². The average Bonchev–Trinajstić information content (AvgIpc) is 2.29. The van der Waals surface area contributed by atoms with Gasteiger partial charge in [-0.05, 0) is 18.6 Å². The lowest BCUT2D eigenvalue weighted by molar-refractivity contribution is 0.574. The Bertz CT molecular complexity index is 444. The summed E-state index contributed by atoms with van der Waals surface area (Å²) < 4.78 is 26.4. The molecule has 0 fully saturated rings. The van der Waals surface area contributed by atoms with Crippen LogP contribution in [-0.4, -0.2) is 15.0 Å². The summed E-state index contributed by atoms with van der Waals surface area (Å²) in [6.45, 7) is 2.59. The lowest BCUT2D eigenvalue weighted by atomic mass is 10.2. The molecule has 0 unspecified atom stereocenters. The third-order valence-corrected chi connectivity index (χ3v) is 4.07. The predicted molar refractivity (Wildman–Crippen MR) is 70.2 cm³/mol. The van der Waals surface area contributed by atoms with Crippen LogP contribution in [0.15, 0.2) is 29.2 Å². The monoisotopic (exact) mass is 256 g/mol. The van der Waals surface area contributed by atoms with E-state index < -0.39 is 10.0 Å². The largest absolute Gasteiger partial charge is 0.398 e. The Balaban J connectivity index is 2.55. The molecule has 0 spiro atoms. The van der Waals surface area contributed by atoms with Crippen molar-refractivity contribution in [3.05, 3.63) is 24.3 Å². The quantitative estimate of drug-likeness (QED) is 0.580. The van der Waals surface area contributed by atoms with Gasteiger partial charge in [-0.3, -0.25) is 0 Å². The molecule has 4 nitrogen and oxygen atoms in total. The van der Waals surface area contributed by atoms with Gasteiger partial charge >= 0.3 is 0 Å². The minimum Gasteiger partial charge on any atom is -0.398 e. The number of hydrogen-bond acceptors (Lipinski definition) is 3. The molecule has 0 saturated heterocycles. The lowest BCUT2D eigenvalue weighted by Gasteiger charge is -2.08. The van der Waals surface area contributed by atoms with Crippen molar-refractivity contribution >= 4 is 15.7 Å². The van der Waals surface area contributed by atoms with Gasteiger partial charge in [0.1, 0.15) is 4.90 Å². The number of nitrogens with two attached hydrogens (primary N) is 1. The summed E-state index contributed by atoms with van der Waals surface area (Å²) in [4.78, 5) is 0.162. The van der Waals surface area contributed by atoms with Crippen molar-refractivity contribution in [2.24, 2.45) is 0 Å². The molecule has 0 aliphatic heterocycles. The Kier molecular flexibility index (Phi) is 5.44. The smallest absolute Gasteiger partial charge is 0.242 e. The molecule has 1 rings (SSSR count). The highest BCUT2D eigenvalue weighted by Gasteiger charge is 2.15. The summed E-state index contributed by atoms with van der Waals surface area (Å²) in [6, 6.07) is 6.49. The highest BCUT2D eigenvalue weighted by atomic mass is 32.2. The van der Waals surface area contributed by atoms with Crippen LogP contribution in [-0.2, 0) is 10.0 Å². The highest BCUT2D eigenvalue weighted by molar-refractivity contribution is 7.89. The predicted octanol–water partition coefficient (Wildman–Crippen LogP) is 2.13. The summed E-state index contributed by atoms with van der Waals surface area (Å²) in [6.07, 6.45) is 4.18. The molecule has 0 atom stereocenters. The van der Waals surface area contributed by atoms with Crippen molar-refractivity contribution < 1.29 is 8.42 Å². The first-order chi connectivity index (χ1) is 8.08. The molecule has 1 aromatic rings. The van der Waals surface area contributed by atoms with Crippen LogP contribution < -0.4 is 10.5 Å². The van der Waals surface area contributed by atoms with E-state index in [0.29, 0.717) is 6.54 Å². The number of benzene rings is 1. The molecule has 17 heavy (non-hydrogen) atoms. The number of anilines is 1. The number of sulfonamides is 1. The van der Waals surface area contributed by atoms with Crippen LogP contribution in [0.2, 0.25) is 0 Å². The zero-order chi connectivity index (χ0) is 12.7. The lowest BCUT2D eigenvalue weighted by Crippen LogP contribution is -2.25. The van der Waals surface area contributed by atoms with Crippen LogP contribution in [0.4, 0.5) is 5.69 Å². The first kappa shape index (κ1) is 14.0. The molecule has 0 aromatic heterocycles. The van der Waals surface area contributed by atoms with Crippen LogP contribution in [0.5, 0.6) is 0 Å². The normalized spacial score (nSPS) is 11.6. The molecule has 0 bridgehead atoms. The van der Waals surface area contributed by atoms with Crippen molar-refractivity contribution in [1.29, 1.82) is 0 Å². The summed E-state index contributed by atoms with van der Waals surface area (Å²) in [5, 5.41) is 0. The maximum Gasteiger partial charge on any atom is 0.242 e. The van der Waals surface area contributed by atoms with E-state index >= 15 is 0 Å². The molecule has 0 aliphatic carbocycles. The van der Waals surface area contributed by atoms with Crippen LogP contribution in [0, 0.1) is 0 Å². The van der Waals surface area contributed by atoms with E-state index in [2.05, 4.69) is 11.6 Å². The second kappa shape index (κ2) is 6.61. The van der Waals surface area contributed by atoms with Gasteiger partial charge in [0.25, 0.3) is 0 Å². The standard InChI is InChI=1S/C12H20N2O2S/c1-2-3-4-7-10-14-17(15,16)12-9-6-5-8-11(12)13/h5-6,8-9,14H,2-4,7,10,13H2,1H3. The molecule has 0 aliphatic rings. The third kappa shape index (κ3) is 4.36. The first-order valence-electron chi connectivity index (χ1n) is 5.92. The zero-order valence-corrected chi connectivity index (χ0v) is 11.0. The fraction of sp³-hybridized carbons (Fsp3) is 0.500. The van der Waals surface area contributed by atoms with Crippen molar-refractivity contribution in [2.75, 3.05) is 12.3 Å². The Hall–Kier alpha value is -1.07. The van der Waals surface area contributed by atoms with E-state index in [1.807, 2.05) is 0 Å². The van der Waals surface area contributed by atoms with E-state index in [0.717, 1.165) is 25.7 Å². The Morgan fingerprint density at radius 1 is 1.18 bits per heavy atom. The van der Waals surface area contributed by atoms with Gasteiger partial charge in [-0.1, -0.05) is 38.3 Å². The van der Waals surface area contributed by atoms with Crippen LogP contribution in [0.1, 0.15) is 32.6 Å². The van der Waals surface area contributed by atoms with Crippen LogP contribution in [0.25, 0.3) is 0 Å². The number of para-hydroxylation sites is 1. The Morgan fingerprint density at radius 2 is 1.88 bits per heavy atom. The van der Waals surface area contributed by atoms with Crippen LogP contribution in [0.3, 0.4) is 0 Å². The molecular formula is C12H20N2O2S. The zero-order valence-electron chi connectivity index (χ0n) is 10.1. The van der Waals surface area contributed by atoms with Gasteiger partial charge in [-0.15, -0.1) is 0 Å². The molecule has 96 valence electrons. The Labute approximate surface area is 103 Å². The maximum absolute atomic E-state index is 11.9. The summed E-state index contributed by atoms with van der Waals surface area (Å²) in [7, 11) is -3.45. The van der Waals surface area contributed by atoms with E-state index in [-0.39, 0.29) is 10.6 Å². The molecule has 0 radical (unpaired) electrons. The SMILES string of the molecule is CCCCCCNS(=O)(=O)c1ccccc1N. The minimum atomic E-state index is -3.45. The fourth-order valence-corrected chi connectivity index (χ4v) is 2.77. The van der Waals surface area contributed by atoms with Gasteiger partial charge in [-0.25, -0.2) is 13.1 Å². The Morgan fingerprint density at radius 3 is 2.53 bits per heavy atom. The van der Waals surface area contributed by atoms with E-state index in [4.69, 9.17) is 5.73 Å². The summed E-state index contributed by atoms with van der Waals surface area (Å²) in [5.41, 5.74) is 5.93. The number of nitrogens with one attached hydrogen (secondary N) is 1. The van der Waals surface area contributed by atoms with E-state index in [1.54, 1.807) is 18.2 Å². The van der Waals surface area contributed by atoms with E-state index in [1.165, 1.54) is 6.07 Å². The van der Waals surface area contributed by atoms with Crippen molar-refractivity contribution in [3.8, 4) is 0 Å². The number of unbranched alkanes of at least 4 members (excludes halogenated alkanes) is 3. The maximum atomic E-state index is 11.9. The van der Waals surface area contributed by atoms with Gasteiger partial charge in [0, 0.05) is 6.54 Å². The van der Waals surface area contributed by atoms with Crippen molar-refractivity contribution in [1.82, 2.24) is 4.72 Å². The van der Waals surface area contributed by atoms with Crippen molar-refractivity contribution in [2.45, 2.75) is 37.5 Å². The molecule has 1 aromatic carbocycles. The van der Waals surface area contributed by atoms with Crippen LogP contribution >= 0.6 is 0 Å².